The second-order valence-corrected chi connectivity index (χ2v) is 4.57. The molecule has 1 aliphatic rings. The van der Waals surface area contributed by atoms with Gasteiger partial charge in [-0.2, -0.15) is 0 Å². The first-order valence-electron chi connectivity index (χ1n) is 6.17. The van der Waals surface area contributed by atoms with Gasteiger partial charge in [0, 0.05) is 0 Å². The standard InChI is InChI=1S/C11H14N2O9/c14-2-5-7(17)8(18)10(22-5)13-1-4(21-3-6(15)16)9(19)12-11(13)20/h1,5,7-8,10,14,17-18H,2-3H2,(H,15,16)(H,12,19,20)/t5-,7?,8?,10-/m0/s1. The smallest absolute Gasteiger partial charge is 0.341 e. The van der Waals surface area contributed by atoms with Crippen molar-refractivity contribution in [2.24, 2.45) is 0 Å². The van der Waals surface area contributed by atoms with E-state index in [1.807, 2.05) is 4.98 Å². The Morgan fingerprint density at radius 3 is 2.59 bits per heavy atom. The maximum Gasteiger partial charge on any atom is 0.341 e. The highest BCUT2D eigenvalue weighted by atomic mass is 16.6. The first kappa shape index (κ1) is 16.2. The highest BCUT2D eigenvalue weighted by Crippen LogP contribution is 2.28. The van der Waals surface area contributed by atoms with E-state index in [1.165, 1.54) is 0 Å². The summed E-state index contributed by atoms with van der Waals surface area (Å²) < 4.78 is 10.6. The summed E-state index contributed by atoms with van der Waals surface area (Å²) in [4.78, 5) is 35.6. The number of nitrogens with zero attached hydrogens (tertiary/aromatic N) is 1. The van der Waals surface area contributed by atoms with E-state index < -0.39 is 60.7 Å². The van der Waals surface area contributed by atoms with E-state index in [4.69, 9.17) is 19.7 Å². The quantitative estimate of drug-likeness (QED) is 0.371. The molecule has 0 saturated carbocycles. The summed E-state index contributed by atoms with van der Waals surface area (Å²) >= 11 is 0. The molecule has 2 heterocycles. The molecule has 4 atom stereocenters. The molecule has 0 spiro atoms. The molecule has 1 aliphatic heterocycles. The average molecular weight is 318 g/mol. The molecule has 2 rings (SSSR count). The van der Waals surface area contributed by atoms with E-state index in [9.17, 15) is 24.6 Å². The molecule has 2 unspecified atom stereocenters. The van der Waals surface area contributed by atoms with Gasteiger partial charge in [-0.3, -0.25) is 14.3 Å². The van der Waals surface area contributed by atoms with Gasteiger partial charge >= 0.3 is 11.7 Å². The molecule has 5 N–H and O–H groups in total. The Hall–Kier alpha value is -2.21. The third-order valence-corrected chi connectivity index (χ3v) is 3.08. The molecule has 1 aromatic heterocycles. The summed E-state index contributed by atoms with van der Waals surface area (Å²) in [6.07, 6.45) is -4.58. The third-order valence-electron chi connectivity index (χ3n) is 3.08. The van der Waals surface area contributed by atoms with Crippen LogP contribution in [0, 0.1) is 0 Å². The van der Waals surface area contributed by atoms with Crippen LogP contribution in [0.1, 0.15) is 6.23 Å². The van der Waals surface area contributed by atoms with Gasteiger partial charge in [-0.05, 0) is 0 Å². The van der Waals surface area contributed by atoms with Crippen LogP contribution in [-0.4, -0.2) is 67.5 Å². The van der Waals surface area contributed by atoms with Crippen molar-refractivity contribution in [1.29, 1.82) is 0 Å². The van der Waals surface area contributed by atoms with Crippen LogP contribution in [0.25, 0.3) is 0 Å². The van der Waals surface area contributed by atoms with Gasteiger partial charge in [-0.15, -0.1) is 0 Å². The molecular formula is C11H14N2O9. The first-order chi connectivity index (χ1) is 10.3. The van der Waals surface area contributed by atoms with Crippen molar-refractivity contribution in [3.63, 3.8) is 0 Å². The minimum atomic E-state index is -1.53. The minimum Gasteiger partial charge on any atom is -0.479 e. The SMILES string of the molecule is O=C(O)COc1cn([C@H]2O[C@@H](CO)C(O)C2O)c(=O)[nH]c1=O. The summed E-state index contributed by atoms with van der Waals surface area (Å²) in [5.41, 5.74) is -1.91. The molecule has 1 fully saturated rings. The molecule has 0 aliphatic carbocycles. The number of aliphatic carboxylic acids is 1. The third kappa shape index (κ3) is 3.01. The average Bonchev–Trinajstić information content (AvgIpc) is 2.74. The number of carbonyl (C=O) groups is 1. The van der Waals surface area contributed by atoms with Crippen molar-refractivity contribution in [3.05, 3.63) is 27.0 Å². The zero-order valence-corrected chi connectivity index (χ0v) is 11.1. The van der Waals surface area contributed by atoms with Crippen molar-refractivity contribution in [2.75, 3.05) is 13.2 Å². The van der Waals surface area contributed by atoms with Crippen LogP contribution in [0.2, 0.25) is 0 Å². The first-order valence-corrected chi connectivity index (χ1v) is 6.17. The lowest BCUT2D eigenvalue weighted by Crippen LogP contribution is -2.38. The largest absolute Gasteiger partial charge is 0.479 e. The zero-order valence-electron chi connectivity index (χ0n) is 11.1. The Bertz CT molecular complexity index is 666. The summed E-state index contributed by atoms with van der Waals surface area (Å²) in [5, 5.41) is 37.0. The Labute approximate surface area is 122 Å². The number of ether oxygens (including phenoxy) is 2. The number of carboxylic acids is 1. The van der Waals surface area contributed by atoms with Crippen molar-refractivity contribution >= 4 is 5.97 Å². The maximum absolute atomic E-state index is 11.8. The molecule has 122 valence electrons. The molecule has 0 aromatic carbocycles. The predicted molar refractivity (Wildman–Crippen MR) is 67.5 cm³/mol. The van der Waals surface area contributed by atoms with E-state index in [-0.39, 0.29) is 0 Å². The monoisotopic (exact) mass is 318 g/mol. The van der Waals surface area contributed by atoms with Gasteiger partial charge in [0.05, 0.1) is 12.8 Å². The van der Waals surface area contributed by atoms with Gasteiger partial charge in [0.2, 0.25) is 5.75 Å². The molecule has 11 heteroatoms. The van der Waals surface area contributed by atoms with Crippen molar-refractivity contribution in [2.45, 2.75) is 24.5 Å². The van der Waals surface area contributed by atoms with Crippen molar-refractivity contribution < 1.29 is 34.7 Å². The number of rotatable bonds is 5. The second kappa shape index (κ2) is 6.27. The number of aliphatic hydroxyl groups excluding tert-OH is 3. The highest BCUT2D eigenvalue weighted by Gasteiger charge is 2.43. The van der Waals surface area contributed by atoms with Crippen LogP contribution in [0.3, 0.4) is 0 Å². The Balaban J connectivity index is 2.35. The van der Waals surface area contributed by atoms with Gasteiger partial charge < -0.3 is 29.9 Å². The van der Waals surface area contributed by atoms with Gasteiger partial charge in [0.1, 0.15) is 18.3 Å². The molecule has 22 heavy (non-hydrogen) atoms. The van der Waals surface area contributed by atoms with Crippen molar-refractivity contribution in [3.8, 4) is 5.75 Å². The second-order valence-electron chi connectivity index (χ2n) is 4.57. The molecule has 0 amide bonds. The maximum atomic E-state index is 11.8. The van der Waals surface area contributed by atoms with Gasteiger partial charge in [0.25, 0.3) is 5.56 Å². The van der Waals surface area contributed by atoms with Crippen molar-refractivity contribution in [1.82, 2.24) is 9.55 Å². The van der Waals surface area contributed by atoms with Crippen LogP contribution in [0.15, 0.2) is 15.8 Å². The Kier molecular flexibility index (Phi) is 4.61. The Morgan fingerprint density at radius 2 is 2.05 bits per heavy atom. The topological polar surface area (TPSA) is 171 Å². The lowest BCUT2D eigenvalue weighted by Gasteiger charge is -2.17. The summed E-state index contributed by atoms with van der Waals surface area (Å²) in [6.45, 7) is -1.40. The van der Waals surface area contributed by atoms with Crippen LogP contribution >= 0.6 is 0 Å². The Morgan fingerprint density at radius 1 is 1.36 bits per heavy atom. The molecule has 1 aromatic rings. The summed E-state index contributed by atoms with van der Waals surface area (Å²) in [6, 6.07) is 0. The van der Waals surface area contributed by atoms with E-state index in [0.717, 1.165) is 10.8 Å². The molecule has 0 radical (unpaired) electrons. The molecular weight excluding hydrogens is 304 g/mol. The normalized spacial score (nSPS) is 27.8. The number of hydrogen-bond acceptors (Lipinski definition) is 8. The van der Waals surface area contributed by atoms with Crippen LogP contribution in [-0.2, 0) is 9.53 Å². The molecule has 11 nitrogen and oxygen atoms in total. The van der Waals surface area contributed by atoms with Crippen LogP contribution < -0.4 is 16.0 Å². The number of aromatic nitrogens is 2. The number of carboxylic acid groups (broad SMARTS) is 1. The van der Waals surface area contributed by atoms with E-state index >= 15 is 0 Å². The number of nitrogens with one attached hydrogen (secondary N) is 1. The zero-order chi connectivity index (χ0) is 16.4. The highest BCUT2D eigenvalue weighted by molar-refractivity contribution is 5.68. The van der Waals surface area contributed by atoms with Gasteiger partial charge in [-0.25, -0.2) is 9.59 Å². The van der Waals surface area contributed by atoms with E-state index in [1.54, 1.807) is 0 Å². The lowest BCUT2D eigenvalue weighted by atomic mass is 10.1. The van der Waals surface area contributed by atoms with Crippen LogP contribution in [0.5, 0.6) is 5.75 Å². The van der Waals surface area contributed by atoms with E-state index in [0.29, 0.717) is 0 Å². The summed E-state index contributed by atoms with van der Waals surface area (Å²) in [7, 11) is 0. The van der Waals surface area contributed by atoms with E-state index in [2.05, 4.69) is 0 Å². The minimum absolute atomic E-state index is 0.472. The van der Waals surface area contributed by atoms with Crippen LogP contribution in [0.4, 0.5) is 0 Å². The fraction of sp³-hybridized carbons (Fsp3) is 0.545. The number of aromatic amines is 1. The number of hydrogen-bond donors (Lipinski definition) is 5. The fourth-order valence-corrected chi connectivity index (χ4v) is 2.01. The predicted octanol–water partition coefficient (Wildman–Crippen LogP) is -3.39. The molecule has 0 bridgehead atoms. The fourth-order valence-electron chi connectivity index (χ4n) is 2.01. The summed E-state index contributed by atoms with van der Waals surface area (Å²) in [5.74, 6) is -1.80. The number of aliphatic hydroxyl groups is 3. The number of H-pyrrole nitrogens is 1. The van der Waals surface area contributed by atoms with Gasteiger partial charge in [-0.1, -0.05) is 0 Å². The molecule has 1 saturated heterocycles. The lowest BCUT2D eigenvalue weighted by molar-refractivity contribution is -0.139. The van der Waals surface area contributed by atoms with Gasteiger partial charge in [0.15, 0.2) is 12.8 Å².